The van der Waals surface area contributed by atoms with E-state index in [1.54, 1.807) is 25.1 Å². The number of thioether (sulfide) groups is 1. The second kappa shape index (κ2) is 8.22. The number of alkyl halides is 3. The van der Waals surface area contributed by atoms with Crippen LogP contribution in [0.2, 0.25) is 0 Å². The van der Waals surface area contributed by atoms with Gasteiger partial charge in [0.05, 0.1) is 16.5 Å². The summed E-state index contributed by atoms with van der Waals surface area (Å²) in [5.74, 6) is 0. The van der Waals surface area contributed by atoms with Crippen molar-refractivity contribution in [2.75, 3.05) is 14.1 Å². The zero-order valence-corrected chi connectivity index (χ0v) is 19.9. The topological polar surface area (TPSA) is 42.3 Å². The van der Waals surface area contributed by atoms with Crippen molar-refractivity contribution in [3.8, 4) is 0 Å². The highest BCUT2D eigenvalue weighted by Crippen LogP contribution is 2.41. The first-order chi connectivity index (χ1) is 13.9. The molecular formula is C20H20BrF3N2O2S2. The van der Waals surface area contributed by atoms with Crippen molar-refractivity contribution < 1.29 is 21.6 Å². The van der Waals surface area contributed by atoms with Gasteiger partial charge in [0.2, 0.25) is 0 Å². The number of halogens is 4. The minimum atomic E-state index is -4.53. The smallest absolute Gasteiger partial charge is 0.298 e. The van der Waals surface area contributed by atoms with Crippen molar-refractivity contribution in [2.45, 2.75) is 35.2 Å². The van der Waals surface area contributed by atoms with Crippen LogP contribution >= 0.6 is 27.7 Å². The average Bonchev–Trinajstić information content (AvgIpc) is 2.92. The first kappa shape index (κ1) is 23.2. The lowest BCUT2D eigenvalue weighted by Crippen LogP contribution is -2.21. The van der Waals surface area contributed by atoms with Crippen LogP contribution in [0.25, 0.3) is 10.9 Å². The molecule has 0 saturated carbocycles. The zero-order valence-electron chi connectivity index (χ0n) is 16.7. The quantitative estimate of drug-likeness (QED) is 0.307. The number of benzene rings is 2. The standard InChI is InChI=1S/C20H20BrF3N2O2S2/c1-12-19(29-13(2)25(3)4)15-11-14(20(22,23)24)9-10-17(15)26(12)30(27,28)18-8-6-5-7-16(18)21/h5-11,13H,1-4H3. The summed E-state index contributed by atoms with van der Waals surface area (Å²) in [4.78, 5) is 2.46. The molecule has 3 aromatic rings. The van der Waals surface area contributed by atoms with Crippen LogP contribution in [0.3, 0.4) is 0 Å². The summed E-state index contributed by atoms with van der Waals surface area (Å²) in [6, 6.07) is 9.54. The highest BCUT2D eigenvalue weighted by Gasteiger charge is 2.33. The molecule has 1 unspecified atom stereocenters. The molecule has 2 aromatic carbocycles. The molecule has 0 aliphatic rings. The molecule has 10 heteroatoms. The van der Waals surface area contributed by atoms with E-state index >= 15 is 0 Å². The first-order valence-corrected chi connectivity index (χ1v) is 12.0. The predicted molar refractivity (Wildman–Crippen MR) is 117 cm³/mol. The summed E-state index contributed by atoms with van der Waals surface area (Å²) in [6.07, 6.45) is -4.53. The lowest BCUT2D eigenvalue weighted by atomic mass is 10.1. The number of hydrogen-bond donors (Lipinski definition) is 0. The molecule has 0 N–H and O–H groups in total. The minimum absolute atomic E-state index is 0.0436. The SMILES string of the molecule is Cc1c(SC(C)N(C)C)c2cc(C(F)(F)F)ccc2n1S(=O)(=O)c1ccccc1Br. The predicted octanol–water partition coefficient (Wildman–Crippen LogP) is 5.97. The molecule has 0 bridgehead atoms. The summed E-state index contributed by atoms with van der Waals surface area (Å²) >= 11 is 4.59. The van der Waals surface area contributed by atoms with Crippen molar-refractivity contribution in [1.29, 1.82) is 0 Å². The Hall–Kier alpha value is -1.49. The number of rotatable bonds is 5. The van der Waals surface area contributed by atoms with Gasteiger partial charge in [-0.15, -0.1) is 11.8 Å². The molecule has 3 rings (SSSR count). The van der Waals surface area contributed by atoms with Gasteiger partial charge >= 0.3 is 6.18 Å². The molecule has 1 atom stereocenters. The molecule has 0 aliphatic carbocycles. The Labute approximate surface area is 186 Å². The van der Waals surface area contributed by atoms with E-state index in [1.807, 2.05) is 25.9 Å². The molecule has 0 fully saturated rings. The Bertz CT molecular complexity index is 1200. The second-order valence-corrected chi connectivity index (χ2v) is 11.0. The molecule has 1 aromatic heterocycles. The number of aromatic nitrogens is 1. The molecule has 0 amide bonds. The van der Waals surface area contributed by atoms with Gasteiger partial charge in [0.1, 0.15) is 4.90 Å². The van der Waals surface area contributed by atoms with E-state index in [0.717, 1.165) is 16.1 Å². The van der Waals surface area contributed by atoms with Crippen LogP contribution < -0.4 is 0 Å². The fraction of sp³-hybridized carbons (Fsp3) is 0.300. The van der Waals surface area contributed by atoms with Gasteiger partial charge in [-0.25, -0.2) is 12.4 Å². The van der Waals surface area contributed by atoms with Crippen molar-refractivity contribution in [3.05, 3.63) is 58.2 Å². The Morgan fingerprint density at radius 1 is 1.13 bits per heavy atom. The van der Waals surface area contributed by atoms with Crippen LogP contribution in [0, 0.1) is 6.92 Å². The maximum Gasteiger partial charge on any atom is 0.416 e. The molecule has 0 aliphatic heterocycles. The Morgan fingerprint density at radius 2 is 1.77 bits per heavy atom. The first-order valence-electron chi connectivity index (χ1n) is 8.91. The van der Waals surface area contributed by atoms with Gasteiger partial charge in [-0.1, -0.05) is 12.1 Å². The van der Waals surface area contributed by atoms with E-state index in [9.17, 15) is 21.6 Å². The van der Waals surface area contributed by atoms with Gasteiger partial charge in [-0.05, 0) is 74.2 Å². The van der Waals surface area contributed by atoms with Crippen LogP contribution in [0.1, 0.15) is 18.2 Å². The highest BCUT2D eigenvalue weighted by atomic mass is 79.9. The highest BCUT2D eigenvalue weighted by molar-refractivity contribution is 9.10. The lowest BCUT2D eigenvalue weighted by Gasteiger charge is -2.19. The van der Waals surface area contributed by atoms with E-state index in [1.165, 1.54) is 23.9 Å². The van der Waals surface area contributed by atoms with Crippen LogP contribution in [0.4, 0.5) is 13.2 Å². The normalized spacial score (nSPS) is 13.9. The van der Waals surface area contributed by atoms with Crippen LogP contribution in [-0.4, -0.2) is 36.8 Å². The fourth-order valence-electron chi connectivity index (χ4n) is 3.03. The summed E-state index contributed by atoms with van der Waals surface area (Å²) in [6.45, 7) is 3.52. The zero-order chi connectivity index (χ0) is 22.4. The third-order valence-corrected chi connectivity index (χ3v) is 9.12. The van der Waals surface area contributed by atoms with Gasteiger partial charge in [0.15, 0.2) is 0 Å². The molecule has 30 heavy (non-hydrogen) atoms. The summed E-state index contributed by atoms with van der Waals surface area (Å²) in [7, 11) is -0.344. The van der Waals surface area contributed by atoms with Crippen molar-refractivity contribution in [2.24, 2.45) is 0 Å². The molecule has 1 heterocycles. The summed E-state index contributed by atoms with van der Waals surface area (Å²) < 4.78 is 68.6. The van der Waals surface area contributed by atoms with E-state index in [0.29, 0.717) is 15.1 Å². The third kappa shape index (κ3) is 4.15. The van der Waals surface area contributed by atoms with Gasteiger partial charge in [0.25, 0.3) is 10.0 Å². The van der Waals surface area contributed by atoms with E-state index in [2.05, 4.69) is 15.9 Å². The van der Waals surface area contributed by atoms with Crippen LogP contribution in [0.15, 0.2) is 56.7 Å². The summed E-state index contributed by atoms with van der Waals surface area (Å²) in [5.41, 5.74) is -0.228. The fourth-order valence-corrected chi connectivity index (χ4v) is 6.72. The van der Waals surface area contributed by atoms with Crippen LogP contribution in [-0.2, 0) is 16.2 Å². The number of fused-ring (bicyclic) bond motifs is 1. The van der Waals surface area contributed by atoms with E-state index in [-0.39, 0.29) is 21.2 Å². The molecule has 0 saturated heterocycles. The second-order valence-electron chi connectivity index (χ2n) is 7.02. The largest absolute Gasteiger partial charge is 0.416 e. The average molecular weight is 521 g/mol. The number of nitrogens with zero attached hydrogens (tertiary/aromatic N) is 2. The molecule has 0 spiro atoms. The van der Waals surface area contributed by atoms with Gasteiger partial charge in [-0.2, -0.15) is 13.2 Å². The van der Waals surface area contributed by atoms with Gasteiger partial charge < -0.3 is 0 Å². The monoisotopic (exact) mass is 520 g/mol. The van der Waals surface area contributed by atoms with Crippen molar-refractivity contribution >= 4 is 48.6 Å². The molecule has 162 valence electrons. The Kier molecular flexibility index (Phi) is 6.35. The van der Waals surface area contributed by atoms with Crippen molar-refractivity contribution in [1.82, 2.24) is 8.87 Å². The van der Waals surface area contributed by atoms with Gasteiger partial charge in [-0.3, -0.25) is 4.90 Å². The molecule has 0 radical (unpaired) electrons. The maximum atomic E-state index is 13.5. The van der Waals surface area contributed by atoms with Crippen molar-refractivity contribution in [3.63, 3.8) is 0 Å². The maximum absolute atomic E-state index is 13.5. The Morgan fingerprint density at radius 3 is 2.33 bits per heavy atom. The molecular weight excluding hydrogens is 501 g/mol. The molecule has 4 nitrogen and oxygen atoms in total. The Balaban J connectivity index is 2.35. The minimum Gasteiger partial charge on any atom is -0.298 e. The summed E-state index contributed by atoms with van der Waals surface area (Å²) in [5, 5.41) is 0.181. The number of hydrogen-bond acceptors (Lipinski definition) is 4. The van der Waals surface area contributed by atoms with E-state index < -0.39 is 21.8 Å². The van der Waals surface area contributed by atoms with Crippen LogP contribution in [0.5, 0.6) is 0 Å². The van der Waals surface area contributed by atoms with Gasteiger partial charge in [0, 0.05) is 20.4 Å². The lowest BCUT2D eigenvalue weighted by molar-refractivity contribution is -0.137. The van der Waals surface area contributed by atoms with E-state index in [4.69, 9.17) is 0 Å². The third-order valence-electron chi connectivity index (χ3n) is 4.79.